The predicted molar refractivity (Wildman–Crippen MR) is 65.7 cm³/mol. The lowest BCUT2D eigenvalue weighted by atomic mass is 10.3. The molecule has 1 heterocycles. The molecule has 4 nitrogen and oxygen atoms in total. The summed E-state index contributed by atoms with van der Waals surface area (Å²) in [6.07, 6.45) is 5.04. The third kappa shape index (κ3) is 4.77. The summed E-state index contributed by atoms with van der Waals surface area (Å²) in [5.41, 5.74) is 1.21. The van der Waals surface area contributed by atoms with E-state index in [0.717, 1.165) is 32.7 Å². The molecule has 1 unspecified atom stereocenters. The van der Waals surface area contributed by atoms with Crippen LogP contribution in [0.1, 0.15) is 31.9 Å². The Morgan fingerprint density at radius 1 is 1.56 bits per heavy atom. The van der Waals surface area contributed by atoms with Gasteiger partial charge in [-0.25, -0.2) is 0 Å². The number of ether oxygens (including phenoxy) is 1. The fourth-order valence-corrected chi connectivity index (χ4v) is 1.52. The molecule has 1 atom stereocenters. The minimum Gasteiger partial charge on any atom is -0.382 e. The standard InChI is InChI=1S/C12H23N3O/c1-4-16-7-5-6-13-9-12(3)15-10-11(2)8-14-15/h8,10,12-13H,4-7,9H2,1-3H3. The average molecular weight is 225 g/mol. The van der Waals surface area contributed by atoms with Crippen LogP contribution in [0.3, 0.4) is 0 Å². The van der Waals surface area contributed by atoms with Gasteiger partial charge in [0.1, 0.15) is 0 Å². The minimum atomic E-state index is 0.404. The summed E-state index contributed by atoms with van der Waals surface area (Å²) in [5, 5.41) is 7.71. The van der Waals surface area contributed by atoms with Crippen LogP contribution in [0.25, 0.3) is 0 Å². The van der Waals surface area contributed by atoms with E-state index in [4.69, 9.17) is 4.74 Å². The first-order valence-electron chi connectivity index (χ1n) is 6.03. The van der Waals surface area contributed by atoms with Crippen LogP contribution >= 0.6 is 0 Å². The molecule has 1 rings (SSSR count). The molecule has 0 aliphatic carbocycles. The van der Waals surface area contributed by atoms with Gasteiger partial charge in [-0.2, -0.15) is 5.10 Å². The van der Waals surface area contributed by atoms with Gasteiger partial charge in [-0.15, -0.1) is 0 Å². The van der Waals surface area contributed by atoms with Crippen LogP contribution in [0.5, 0.6) is 0 Å². The number of hydrogen-bond donors (Lipinski definition) is 1. The van der Waals surface area contributed by atoms with Crippen molar-refractivity contribution in [3.05, 3.63) is 18.0 Å². The molecule has 1 N–H and O–H groups in total. The highest BCUT2D eigenvalue weighted by atomic mass is 16.5. The molecule has 0 amide bonds. The van der Waals surface area contributed by atoms with Gasteiger partial charge in [-0.1, -0.05) is 0 Å². The number of hydrogen-bond acceptors (Lipinski definition) is 3. The van der Waals surface area contributed by atoms with Crippen molar-refractivity contribution in [1.82, 2.24) is 15.1 Å². The highest BCUT2D eigenvalue weighted by Gasteiger charge is 2.04. The molecule has 0 radical (unpaired) electrons. The Morgan fingerprint density at radius 2 is 2.38 bits per heavy atom. The van der Waals surface area contributed by atoms with E-state index in [2.05, 4.69) is 30.5 Å². The lowest BCUT2D eigenvalue weighted by Gasteiger charge is -2.13. The molecule has 0 spiro atoms. The molecule has 4 heteroatoms. The zero-order valence-corrected chi connectivity index (χ0v) is 10.6. The Kier molecular flexibility index (Phi) is 6.11. The molecule has 0 saturated carbocycles. The minimum absolute atomic E-state index is 0.404. The fourth-order valence-electron chi connectivity index (χ4n) is 1.52. The second-order valence-corrected chi connectivity index (χ2v) is 4.10. The van der Waals surface area contributed by atoms with Crippen molar-refractivity contribution in [3.8, 4) is 0 Å². The first-order valence-corrected chi connectivity index (χ1v) is 6.03. The third-order valence-corrected chi connectivity index (χ3v) is 2.47. The van der Waals surface area contributed by atoms with Crippen molar-refractivity contribution in [2.24, 2.45) is 0 Å². The van der Waals surface area contributed by atoms with E-state index >= 15 is 0 Å². The summed E-state index contributed by atoms with van der Waals surface area (Å²) >= 11 is 0. The normalized spacial score (nSPS) is 12.9. The monoisotopic (exact) mass is 225 g/mol. The third-order valence-electron chi connectivity index (χ3n) is 2.47. The zero-order chi connectivity index (χ0) is 11.8. The molecule has 0 fully saturated rings. The van der Waals surface area contributed by atoms with Gasteiger partial charge >= 0.3 is 0 Å². The summed E-state index contributed by atoms with van der Waals surface area (Å²) in [4.78, 5) is 0. The van der Waals surface area contributed by atoms with Gasteiger partial charge < -0.3 is 10.1 Å². The molecule has 0 aliphatic heterocycles. The average Bonchev–Trinajstić information content (AvgIpc) is 2.70. The van der Waals surface area contributed by atoms with Gasteiger partial charge in [0.25, 0.3) is 0 Å². The van der Waals surface area contributed by atoms with Crippen LogP contribution in [0.2, 0.25) is 0 Å². The number of nitrogens with one attached hydrogen (secondary N) is 1. The Balaban J connectivity index is 2.09. The summed E-state index contributed by atoms with van der Waals surface area (Å²) in [6, 6.07) is 0.404. The van der Waals surface area contributed by atoms with Crippen LogP contribution in [-0.2, 0) is 4.74 Å². The second kappa shape index (κ2) is 7.41. The lowest BCUT2D eigenvalue weighted by Crippen LogP contribution is -2.25. The van der Waals surface area contributed by atoms with E-state index in [9.17, 15) is 0 Å². The Hall–Kier alpha value is -0.870. The van der Waals surface area contributed by atoms with E-state index in [0.29, 0.717) is 6.04 Å². The highest BCUT2D eigenvalue weighted by molar-refractivity contribution is 5.00. The van der Waals surface area contributed by atoms with Crippen LogP contribution in [0.4, 0.5) is 0 Å². The van der Waals surface area contributed by atoms with Crippen molar-refractivity contribution in [1.29, 1.82) is 0 Å². The van der Waals surface area contributed by atoms with E-state index < -0.39 is 0 Å². The van der Waals surface area contributed by atoms with E-state index in [1.807, 2.05) is 17.8 Å². The quantitative estimate of drug-likeness (QED) is 0.685. The van der Waals surface area contributed by atoms with E-state index in [-0.39, 0.29) is 0 Å². The maximum absolute atomic E-state index is 5.27. The van der Waals surface area contributed by atoms with Crippen molar-refractivity contribution in [3.63, 3.8) is 0 Å². The van der Waals surface area contributed by atoms with E-state index in [1.165, 1.54) is 5.56 Å². The van der Waals surface area contributed by atoms with Crippen LogP contribution < -0.4 is 5.32 Å². The molecular weight excluding hydrogens is 202 g/mol. The molecule has 0 aromatic carbocycles. The van der Waals surface area contributed by atoms with Gasteiger partial charge in [0.15, 0.2) is 0 Å². The molecule has 0 saturated heterocycles. The van der Waals surface area contributed by atoms with Crippen molar-refractivity contribution >= 4 is 0 Å². The molecule has 0 bridgehead atoms. The second-order valence-electron chi connectivity index (χ2n) is 4.10. The smallest absolute Gasteiger partial charge is 0.0615 e. The fraction of sp³-hybridized carbons (Fsp3) is 0.750. The first kappa shape index (κ1) is 13.2. The van der Waals surface area contributed by atoms with Crippen LogP contribution in [0.15, 0.2) is 12.4 Å². The first-order chi connectivity index (χ1) is 7.74. The van der Waals surface area contributed by atoms with Crippen molar-refractivity contribution < 1.29 is 4.74 Å². The molecule has 1 aromatic rings. The van der Waals surface area contributed by atoms with Crippen molar-refractivity contribution in [2.75, 3.05) is 26.3 Å². The number of aryl methyl sites for hydroxylation is 1. The van der Waals surface area contributed by atoms with Crippen LogP contribution in [-0.4, -0.2) is 36.1 Å². The topological polar surface area (TPSA) is 39.1 Å². The lowest BCUT2D eigenvalue weighted by molar-refractivity contribution is 0.144. The van der Waals surface area contributed by atoms with E-state index in [1.54, 1.807) is 0 Å². The Bertz CT molecular complexity index is 286. The Morgan fingerprint density at radius 3 is 3.00 bits per heavy atom. The number of rotatable bonds is 8. The van der Waals surface area contributed by atoms with Gasteiger partial charge in [0.2, 0.25) is 0 Å². The van der Waals surface area contributed by atoms with Crippen LogP contribution in [0, 0.1) is 6.92 Å². The van der Waals surface area contributed by atoms with Gasteiger partial charge in [-0.3, -0.25) is 4.68 Å². The summed E-state index contributed by atoms with van der Waals surface area (Å²) in [5.74, 6) is 0. The molecule has 92 valence electrons. The summed E-state index contributed by atoms with van der Waals surface area (Å²) in [6.45, 7) is 9.86. The number of aromatic nitrogens is 2. The zero-order valence-electron chi connectivity index (χ0n) is 10.6. The predicted octanol–water partition coefficient (Wildman–Crippen LogP) is 1.77. The molecule has 16 heavy (non-hydrogen) atoms. The number of nitrogens with zero attached hydrogens (tertiary/aromatic N) is 2. The summed E-state index contributed by atoms with van der Waals surface area (Å²) in [7, 11) is 0. The molecule has 1 aromatic heterocycles. The largest absolute Gasteiger partial charge is 0.382 e. The highest BCUT2D eigenvalue weighted by Crippen LogP contribution is 2.04. The van der Waals surface area contributed by atoms with Crippen molar-refractivity contribution in [2.45, 2.75) is 33.2 Å². The Labute approximate surface area is 98.0 Å². The SMILES string of the molecule is CCOCCCNCC(C)n1cc(C)cn1. The maximum Gasteiger partial charge on any atom is 0.0615 e. The molecular formula is C12H23N3O. The summed E-state index contributed by atoms with van der Waals surface area (Å²) < 4.78 is 7.28. The molecule has 0 aliphatic rings. The van der Waals surface area contributed by atoms with Gasteiger partial charge in [0.05, 0.1) is 12.2 Å². The maximum atomic E-state index is 5.27. The van der Waals surface area contributed by atoms with Gasteiger partial charge in [-0.05, 0) is 39.3 Å². The van der Waals surface area contributed by atoms with Gasteiger partial charge in [0, 0.05) is 26.0 Å².